The van der Waals surface area contributed by atoms with Crippen molar-refractivity contribution < 1.29 is 9.26 Å². The molecule has 16 heavy (non-hydrogen) atoms. The second-order valence-electron chi connectivity index (χ2n) is 4.55. The molecule has 1 rings (SSSR count). The van der Waals surface area contributed by atoms with Crippen LogP contribution in [0.15, 0.2) is 4.52 Å². The molecule has 0 bridgehead atoms. The molecule has 5 heteroatoms. The van der Waals surface area contributed by atoms with Gasteiger partial charge in [0, 0.05) is 7.11 Å². The predicted molar refractivity (Wildman–Crippen MR) is 60.8 cm³/mol. The highest BCUT2D eigenvalue weighted by Crippen LogP contribution is 2.31. The molecular formula is C11H21N3O2. The van der Waals surface area contributed by atoms with Gasteiger partial charge in [-0.2, -0.15) is 4.98 Å². The number of ether oxygens (including phenoxy) is 1. The minimum absolute atomic E-state index is 0.436. The first-order valence-electron chi connectivity index (χ1n) is 5.58. The molecule has 0 aromatic carbocycles. The average Bonchev–Trinajstić information content (AvgIpc) is 2.71. The standard InChI is InChI=1S/C11H21N3O2/c1-6-11(7-2,15-5)8-13-9(16-14-8)10(3,4)12/h6-7,12H2,1-5H3. The molecule has 0 atom stereocenters. The van der Waals surface area contributed by atoms with Gasteiger partial charge in [0.15, 0.2) is 0 Å². The summed E-state index contributed by atoms with van der Waals surface area (Å²) in [5.74, 6) is 1.01. The number of methoxy groups -OCH3 is 1. The Morgan fingerprint density at radius 2 is 1.88 bits per heavy atom. The van der Waals surface area contributed by atoms with E-state index in [-0.39, 0.29) is 0 Å². The molecule has 0 saturated heterocycles. The number of nitrogens with zero attached hydrogens (tertiary/aromatic N) is 2. The van der Waals surface area contributed by atoms with Crippen LogP contribution in [0.4, 0.5) is 0 Å². The lowest BCUT2D eigenvalue weighted by Crippen LogP contribution is -2.31. The predicted octanol–water partition coefficient (Wildman–Crippen LogP) is 1.93. The van der Waals surface area contributed by atoms with Crippen molar-refractivity contribution in [1.29, 1.82) is 0 Å². The van der Waals surface area contributed by atoms with Crippen molar-refractivity contribution in [2.24, 2.45) is 5.73 Å². The molecule has 0 aliphatic heterocycles. The van der Waals surface area contributed by atoms with E-state index in [1.165, 1.54) is 0 Å². The molecular weight excluding hydrogens is 206 g/mol. The van der Waals surface area contributed by atoms with Gasteiger partial charge in [-0.3, -0.25) is 0 Å². The zero-order chi connectivity index (χ0) is 12.4. The highest BCUT2D eigenvalue weighted by atomic mass is 16.5. The lowest BCUT2D eigenvalue weighted by Gasteiger charge is -2.26. The van der Waals surface area contributed by atoms with Gasteiger partial charge in [-0.15, -0.1) is 0 Å². The maximum Gasteiger partial charge on any atom is 0.246 e. The fourth-order valence-electron chi connectivity index (χ4n) is 1.62. The van der Waals surface area contributed by atoms with Crippen LogP contribution in [0, 0.1) is 0 Å². The Hall–Kier alpha value is -0.940. The molecule has 0 aliphatic rings. The van der Waals surface area contributed by atoms with Crippen LogP contribution in [0.2, 0.25) is 0 Å². The van der Waals surface area contributed by atoms with E-state index in [4.69, 9.17) is 15.0 Å². The summed E-state index contributed by atoms with van der Waals surface area (Å²) in [6, 6.07) is 0. The van der Waals surface area contributed by atoms with Crippen molar-refractivity contribution in [2.45, 2.75) is 51.7 Å². The van der Waals surface area contributed by atoms with Crippen molar-refractivity contribution in [2.75, 3.05) is 7.11 Å². The van der Waals surface area contributed by atoms with Gasteiger partial charge in [0.25, 0.3) is 0 Å². The van der Waals surface area contributed by atoms with Crippen LogP contribution in [-0.2, 0) is 15.9 Å². The van der Waals surface area contributed by atoms with E-state index >= 15 is 0 Å². The average molecular weight is 227 g/mol. The molecule has 0 spiro atoms. The molecule has 92 valence electrons. The van der Waals surface area contributed by atoms with Gasteiger partial charge in [-0.1, -0.05) is 19.0 Å². The van der Waals surface area contributed by atoms with E-state index in [1.54, 1.807) is 7.11 Å². The monoisotopic (exact) mass is 227 g/mol. The first-order valence-corrected chi connectivity index (χ1v) is 5.58. The van der Waals surface area contributed by atoms with E-state index in [0.29, 0.717) is 11.7 Å². The van der Waals surface area contributed by atoms with Crippen LogP contribution in [0.1, 0.15) is 52.3 Å². The van der Waals surface area contributed by atoms with Gasteiger partial charge in [-0.25, -0.2) is 0 Å². The van der Waals surface area contributed by atoms with Crippen molar-refractivity contribution in [3.05, 3.63) is 11.7 Å². The first-order chi connectivity index (χ1) is 7.39. The molecule has 0 fully saturated rings. The summed E-state index contributed by atoms with van der Waals surface area (Å²) in [6.07, 6.45) is 1.59. The van der Waals surface area contributed by atoms with Gasteiger partial charge in [-0.05, 0) is 26.7 Å². The molecule has 1 aromatic rings. The topological polar surface area (TPSA) is 74.2 Å². The van der Waals surface area contributed by atoms with E-state index < -0.39 is 11.1 Å². The maximum absolute atomic E-state index is 5.90. The summed E-state index contributed by atoms with van der Waals surface area (Å²) in [5.41, 5.74) is 4.82. The van der Waals surface area contributed by atoms with Crippen LogP contribution >= 0.6 is 0 Å². The highest BCUT2D eigenvalue weighted by Gasteiger charge is 2.35. The summed E-state index contributed by atoms with van der Waals surface area (Å²) in [4.78, 5) is 4.34. The Morgan fingerprint density at radius 3 is 2.19 bits per heavy atom. The van der Waals surface area contributed by atoms with Crippen molar-refractivity contribution in [3.8, 4) is 0 Å². The number of nitrogens with two attached hydrogens (primary N) is 1. The van der Waals surface area contributed by atoms with E-state index in [1.807, 2.05) is 27.7 Å². The number of hydrogen-bond donors (Lipinski definition) is 1. The minimum atomic E-state index is -0.619. The Bertz CT molecular complexity index is 329. The molecule has 0 unspecified atom stereocenters. The van der Waals surface area contributed by atoms with Crippen LogP contribution in [-0.4, -0.2) is 17.3 Å². The third kappa shape index (κ3) is 2.25. The lowest BCUT2D eigenvalue weighted by atomic mass is 9.96. The van der Waals surface area contributed by atoms with Crippen molar-refractivity contribution in [3.63, 3.8) is 0 Å². The second-order valence-corrected chi connectivity index (χ2v) is 4.55. The first kappa shape index (κ1) is 13.1. The van der Waals surface area contributed by atoms with Crippen molar-refractivity contribution >= 4 is 0 Å². The van der Waals surface area contributed by atoms with E-state index in [0.717, 1.165) is 12.8 Å². The van der Waals surface area contributed by atoms with Crippen LogP contribution < -0.4 is 5.73 Å². The Balaban J connectivity index is 3.09. The number of rotatable bonds is 5. The van der Waals surface area contributed by atoms with Gasteiger partial charge in [0.1, 0.15) is 5.60 Å². The molecule has 0 amide bonds. The van der Waals surface area contributed by atoms with Crippen molar-refractivity contribution in [1.82, 2.24) is 10.1 Å². The summed E-state index contributed by atoms with van der Waals surface area (Å²) >= 11 is 0. The normalized spacial score (nSPS) is 13.1. The largest absolute Gasteiger partial charge is 0.370 e. The van der Waals surface area contributed by atoms with Crippen LogP contribution in [0.25, 0.3) is 0 Å². The quantitative estimate of drug-likeness (QED) is 0.831. The summed E-state index contributed by atoms with van der Waals surface area (Å²) in [6.45, 7) is 7.74. The zero-order valence-electron chi connectivity index (χ0n) is 10.7. The molecule has 0 saturated carbocycles. The fraction of sp³-hybridized carbons (Fsp3) is 0.818. The lowest BCUT2D eigenvalue weighted by molar-refractivity contribution is -0.0306. The fourth-order valence-corrected chi connectivity index (χ4v) is 1.62. The highest BCUT2D eigenvalue weighted by molar-refractivity contribution is 5.04. The van der Waals surface area contributed by atoms with Gasteiger partial charge in [0.2, 0.25) is 11.7 Å². The smallest absolute Gasteiger partial charge is 0.246 e. The van der Waals surface area contributed by atoms with Crippen LogP contribution in [0.5, 0.6) is 0 Å². The van der Waals surface area contributed by atoms with E-state index in [9.17, 15) is 0 Å². The summed E-state index contributed by atoms with van der Waals surface area (Å²) < 4.78 is 10.7. The molecule has 1 aromatic heterocycles. The third-order valence-corrected chi connectivity index (χ3v) is 2.92. The van der Waals surface area contributed by atoms with Gasteiger partial charge >= 0.3 is 0 Å². The minimum Gasteiger partial charge on any atom is -0.370 e. The molecule has 0 aliphatic carbocycles. The Morgan fingerprint density at radius 1 is 1.31 bits per heavy atom. The number of hydrogen-bond acceptors (Lipinski definition) is 5. The second kappa shape index (κ2) is 4.51. The third-order valence-electron chi connectivity index (χ3n) is 2.92. The van der Waals surface area contributed by atoms with Gasteiger partial charge in [0.05, 0.1) is 5.54 Å². The van der Waals surface area contributed by atoms with E-state index in [2.05, 4.69) is 10.1 Å². The summed E-state index contributed by atoms with van der Waals surface area (Å²) in [5, 5.41) is 3.98. The molecule has 1 heterocycles. The number of aromatic nitrogens is 2. The molecule has 5 nitrogen and oxygen atoms in total. The van der Waals surface area contributed by atoms with Crippen LogP contribution in [0.3, 0.4) is 0 Å². The SMILES string of the molecule is CCC(CC)(OC)c1noc(C(C)(C)N)n1. The summed E-state index contributed by atoms with van der Waals surface area (Å²) in [7, 11) is 1.66. The zero-order valence-corrected chi connectivity index (χ0v) is 10.7. The van der Waals surface area contributed by atoms with Gasteiger partial charge < -0.3 is 15.0 Å². The maximum atomic E-state index is 5.90. The molecule has 2 N–H and O–H groups in total. The molecule has 0 radical (unpaired) electrons. The Labute approximate surface area is 96.4 Å². The Kier molecular flexibility index (Phi) is 3.70.